The largest absolute Gasteiger partial charge is 0.402 e. The van der Waals surface area contributed by atoms with Crippen molar-refractivity contribution in [2.75, 3.05) is 33.9 Å². The monoisotopic (exact) mass is 277 g/mol. The van der Waals surface area contributed by atoms with Crippen LogP contribution in [0.2, 0.25) is 0 Å². The maximum Gasteiger partial charge on any atom is 0.402 e. The SMILES string of the molecule is COCCCN(C)CC(Br)C(F)(F)F. The molecule has 0 aliphatic heterocycles. The van der Waals surface area contributed by atoms with Gasteiger partial charge in [0.15, 0.2) is 0 Å². The highest BCUT2D eigenvalue weighted by Crippen LogP contribution is 2.26. The van der Waals surface area contributed by atoms with Crippen LogP contribution < -0.4 is 0 Å². The van der Waals surface area contributed by atoms with E-state index in [0.29, 0.717) is 13.2 Å². The number of methoxy groups -OCH3 is 1. The molecule has 0 aliphatic carbocycles. The van der Waals surface area contributed by atoms with Crippen LogP contribution in [0.15, 0.2) is 0 Å². The molecule has 0 rings (SSSR count). The van der Waals surface area contributed by atoms with Gasteiger partial charge in [-0.3, -0.25) is 0 Å². The first-order valence-corrected chi connectivity index (χ1v) is 5.17. The van der Waals surface area contributed by atoms with Crippen LogP contribution >= 0.6 is 15.9 Å². The van der Waals surface area contributed by atoms with E-state index >= 15 is 0 Å². The topological polar surface area (TPSA) is 12.5 Å². The average molecular weight is 278 g/mol. The van der Waals surface area contributed by atoms with Crippen molar-refractivity contribution in [2.45, 2.75) is 17.4 Å². The molecule has 0 heterocycles. The number of nitrogens with zero attached hydrogens (tertiary/aromatic N) is 1. The Bertz CT molecular complexity index is 154. The van der Waals surface area contributed by atoms with E-state index in [-0.39, 0.29) is 6.54 Å². The number of hydrogen-bond acceptors (Lipinski definition) is 2. The molecule has 2 nitrogen and oxygen atoms in total. The van der Waals surface area contributed by atoms with Crippen LogP contribution in [0.5, 0.6) is 0 Å². The van der Waals surface area contributed by atoms with Gasteiger partial charge in [0.25, 0.3) is 0 Å². The Morgan fingerprint density at radius 2 is 2.00 bits per heavy atom. The summed E-state index contributed by atoms with van der Waals surface area (Å²) in [4.78, 5) is 0.175. The van der Waals surface area contributed by atoms with Gasteiger partial charge in [0, 0.05) is 26.8 Å². The lowest BCUT2D eigenvalue weighted by Gasteiger charge is -2.21. The molecular weight excluding hydrogens is 263 g/mol. The molecule has 0 bridgehead atoms. The molecule has 1 atom stereocenters. The Labute approximate surface area is 90.5 Å². The van der Waals surface area contributed by atoms with Gasteiger partial charge in [-0.2, -0.15) is 13.2 Å². The van der Waals surface area contributed by atoms with Crippen molar-refractivity contribution in [2.24, 2.45) is 0 Å². The smallest absolute Gasteiger partial charge is 0.385 e. The van der Waals surface area contributed by atoms with Gasteiger partial charge in [-0.05, 0) is 13.5 Å². The minimum absolute atomic E-state index is 0.0345. The molecule has 0 amide bonds. The second kappa shape index (κ2) is 6.63. The zero-order valence-corrected chi connectivity index (χ0v) is 9.86. The molecule has 0 fully saturated rings. The molecule has 0 aliphatic rings. The molecule has 0 N–H and O–H groups in total. The molecule has 86 valence electrons. The van der Waals surface area contributed by atoms with Crippen molar-refractivity contribution < 1.29 is 17.9 Å². The second-order valence-corrected chi connectivity index (χ2v) is 4.22. The minimum Gasteiger partial charge on any atom is -0.385 e. The van der Waals surface area contributed by atoms with E-state index in [2.05, 4.69) is 15.9 Å². The molecular formula is C8H15BrF3NO. The summed E-state index contributed by atoms with van der Waals surface area (Å²) in [5.41, 5.74) is 0. The Morgan fingerprint density at radius 1 is 1.43 bits per heavy atom. The molecule has 1 unspecified atom stereocenters. The summed E-state index contributed by atoms with van der Waals surface area (Å²) in [7, 11) is 3.23. The molecule has 14 heavy (non-hydrogen) atoms. The van der Waals surface area contributed by atoms with E-state index < -0.39 is 11.0 Å². The fraction of sp³-hybridized carbons (Fsp3) is 1.00. The maximum atomic E-state index is 12.1. The van der Waals surface area contributed by atoms with E-state index in [9.17, 15) is 13.2 Å². The van der Waals surface area contributed by atoms with Gasteiger partial charge < -0.3 is 9.64 Å². The highest BCUT2D eigenvalue weighted by Gasteiger charge is 2.37. The molecule has 0 spiro atoms. The van der Waals surface area contributed by atoms with Crippen LogP contribution in [-0.4, -0.2) is 49.8 Å². The molecule has 0 aromatic heterocycles. The maximum absolute atomic E-state index is 12.1. The standard InChI is InChI=1S/C8H15BrF3NO/c1-13(4-3-5-14-2)6-7(9)8(10,11)12/h7H,3-6H2,1-2H3. The van der Waals surface area contributed by atoms with Crippen molar-refractivity contribution >= 4 is 15.9 Å². The second-order valence-electron chi connectivity index (χ2n) is 3.12. The molecule has 6 heteroatoms. The lowest BCUT2D eigenvalue weighted by atomic mass is 10.3. The highest BCUT2D eigenvalue weighted by molar-refractivity contribution is 9.09. The molecule has 0 aromatic carbocycles. The fourth-order valence-electron chi connectivity index (χ4n) is 0.947. The van der Waals surface area contributed by atoms with E-state index in [1.807, 2.05) is 0 Å². The van der Waals surface area contributed by atoms with Gasteiger partial charge in [-0.1, -0.05) is 15.9 Å². The van der Waals surface area contributed by atoms with Crippen molar-refractivity contribution in [3.05, 3.63) is 0 Å². The summed E-state index contributed by atoms with van der Waals surface area (Å²) < 4.78 is 41.1. The Balaban J connectivity index is 3.66. The van der Waals surface area contributed by atoms with Crippen LogP contribution in [0.25, 0.3) is 0 Å². The Kier molecular flexibility index (Phi) is 6.72. The normalized spacial score (nSPS) is 14.8. The van der Waals surface area contributed by atoms with Crippen molar-refractivity contribution in [3.8, 4) is 0 Å². The fourth-order valence-corrected chi connectivity index (χ4v) is 1.44. The first-order chi connectivity index (χ1) is 6.38. The van der Waals surface area contributed by atoms with Crippen molar-refractivity contribution in [1.82, 2.24) is 4.90 Å². The Hall–Kier alpha value is 0.190. The Morgan fingerprint density at radius 3 is 2.43 bits per heavy atom. The average Bonchev–Trinajstić information content (AvgIpc) is 2.03. The molecule has 0 aromatic rings. The van der Waals surface area contributed by atoms with Crippen LogP contribution in [-0.2, 0) is 4.74 Å². The predicted molar refractivity (Wildman–Crippen MR) is 52.8 cm³/mol. The lowest BCUT2D eigenvalue weighted by Crippen LogP contribution is -2.35. The summed E-state index contributed by atoms with van der Waals surface area (Å²) in [5, 5.41) is 0. The number of halogens is 4. The number of rotatable bonds is 6. The number of hydrogen-bond donors (Lipinski definition) is 0. The first-order valence-electron chi connectivity index (χ1n) is 4.26. The van der Waals surface area contributed by atoms with Crippen LogP contribution in [0, 0.1) is 0 Å². The number of ether oxygens (including phenoxy) is 1. The quantitative estimate of drug-likeness (QED) is 0.546. The van der Waals surface area contributed by atoms with E-state index in [1.54, 1.807) is 19.1 Å². The van der Waals surface area contributed by atoms with Crippen molar-refractivity contribution in [3.63, 3.8) is 0 Å². The zero-order chi connectivity index (χ0) is 11.2. The van der Waals surface area contributed by atoms with Gasteiger partial charge in [0.05, 0.1) is 0 Å². The summed E-state index contributed by atoms with van der Waals surface area (Å²) in [6.45, 7) is 1.14. The first kappa shape index (κ1) is 14.2. The highest BCUT2D eigenvalue weighted by atomic mass is 79.9. The van der Waals surface area contributed by atoms with E-state index in [0.717, 1.165) is 6.42 Å². The van der Waals surface area contributed by atoms with E-state index in [1.165, 1.54) is 0 Å². The van der Waals surface area contributed by atoms with Gasteiger partial charge >= 0.3 is 6.18 Å². The summed E-state index contributed by atoms with van der Waals surface area (Å²) in [6, 6.07) is 0. The number of alkyl halides is 4. The minimum atomic E-state index is -4.17. The van der Waals surface area contributed by atoms with Gasteiger partial charge in [-0.15, -0.1) is 0 Å². The zero-order valence-electron chi connectivity index (χ0n) is 8.27. The molecule has 0 saturated carbocycles. The van der Waals surface area contributed by atoms with E-state index in [4.69, 9.17) is 4.74 Å². The lowest BCUT2D eigenvalue weighted by molar-refractivity contribution is -0.130. The van der Waals surface area contributed by atoms with Gasteiger partial charge in [0.2, 0.25) is 0 Å². The van der Waals surface area contributed by atoms with Crippen molar-refractivity contribution in [1.29, 1.82) is 0 Å². The van der Waals surface area contributed by atoms with Crippen LogP contribution in [0.4, 0.5) is 13.2 Å². The summed E-state index contributed by atoms with van der Waals surface area (Å²) in [6.07, 6.45) is -3.43. The van der Waals surface area contributed by atoms with Crippen LogP contribution in [0.1, 0.15) is 6.42 Å². The summed E-state index contributed by atoms with van der Waals surface area (Å²) in [5.74, 6) is 0. The van der Waals surface area contributed by atoms with Gasteiger partial charge in [-0.25, -0.2) is 0 Å². The predicted octanol–water partition coefficient (Wildman–Crippen LogP) is 2.28. The van der Waals surface area contributed by atoms with Crippen LogP contribution in [0.3, 0.4) is 0 Å². The molecule has 0 radical (unpaired) electrons. The molecule has 0 saturated heterocycles. The third kappa shape index (κ3) is 6.62. The summed E-state index contributed by atoms with van der Waals surface area (Å²) >= 11 is 2.61. The third-order valence-electron chi connectivity index (χ3n) is 1.72. The third-order valence-corrected chi connectivity index (χ3v) is 2.52. The van der Waals surface area contributed by atoms with Gasteiger partial charge in [0.1, 0.15) is 4.83 Å².